The van der Waals surface area contributed by atoms with Crippen molar-refractivity contribution in [1.29, 1.82) is 0 Å². The summed E-state index contributed by atoms with van der Waals surface area (Å²) >= 11 is 0. The minimum Gasteiger partial charge on any atom is -0.374 e. The molecular formula is C14H31NO. The number of nitrogens with one attached hydrogen (secondary N) is 1. The summed E-state index contributed by atoms with van der Waals surface area (Å²) in [5.41, 5.74) is 0.0416. The van der Waals surface area contributed by atoms with Crippen molar-refractivity contribution in [2.24, 2.45) is 0 Å². The maximum absolute atomic E-state index is 6.08. The Morgan fingerprint density at radius 1 is 1.00 bits per heavy atom. The summed E-state index contributed by atoms with van der Waals surface area (Å²) in [6.07, 6.45) is 5.81. The van der Waals surface area contributed by atoms with Crippen LogP contribution in [0.25, 0.3) is 0 Å². The predicted molar refractivity (Wildman–Crippen MR) is 71.9 cm³/mol. The van der Waals surface area contributed by atoms with Crippen LogP contribution in [0.15, 0.2) is 0 Å². The lowest BCUT2D eigenvalue weighted by Gasteiger charge is -2.40. The second-order valence-electron chi connectivity index (χ2n) is 4.50. The second kappa shape index (κ2) is 9.00. The minimum atomic E-state index is 0.0416. The zero-order valence-electron chi connectivity index (χ0n) is 11.9. The molecule has 0 fully saturated rings. The zero-order valence-corrected chi connectivity index (χ0v) is 11.9. The highest BCUT2D eigenvalue weighted by molar-refractivity contribution is 4.91. The standard InChI is InChI=1S/C14H31NO/c1-6-11-13(15-12-7-2)14(8-3,9-4)16-10-5/h13,15H,6-12H2,1-5H3. The molecule has 0 amide bonds. The Hall–Kier alpha value is -0.0800. The quantitative estimate of drug-likeness (QED) is 0.616. The van der Waals surface area contributed by atoms with Gasteiger partial charge in [-0.15, -0.1) is 0 Å². The summed E-state index contributed by atoms with van der Waals surface area (Å²) in [6.45, 7) is 13.0. The van der Waals surface area contributed by atoms with E-state index in [-0.39, 0.29) is 5.60 Å². The van der Waals surface area contributed by atoms with E-state index < -0.39 is 0 Å². The molecule has 0 spiro atoms. The minimum absolute atomic E-state index is 0.0416. The van der Waals surface area contributed by atoms with E-state index in [4.69, 9.17) is 4.74 Å². The van der Waals surface area contributed by atoms with Gasteiger partial charge in [-0.25, -0.2) is 0 Å². The lowest BCUT2D eigenvalue weighted by atomic mass is 9.85. The number of hydrogen-bond acceptors (Lipinski definition) is 2. The first-order valence-corrected chi connectivity index (χ1v) is 7.07. The van der Waals surface area contributed by atoms with Crippen LogP contribution in [-0.2, 0) is 4.74 Å². The zero-order chi connectivity index (χ0) is 12.4. The van der Waals surface area contributed by atoms with E-state index in [9.17, 15) is 0 Å². The third kappa shape index (κ3) is 4.42. The Labute approximate surface area is 102 Å². The molecule has 0 rings (SSSR count). The van der Waals surface area contributed by atoms with Gasteiger partial charge in [0, 0.05) is 12.6 Å². The Bertz CT molecular complexity index is 155. The van der Waals surface area contributed by atoms with E-state index in [0.717, 1.165) is 26.0 Å². The van der Waals surface area contributed by atoms with Gasteiger partial charge in [-0.2, -0.15) is 0 Å². The van der Waals surface area contributed by atoms with Gasteiger partial charge in [-0.1, -0.05) is 34.1 Å². The Balaban J connectivity index is 4.61. The van der Waals surface area contributed by atoms with Crippen LogP contribution in [0.2, 0.25) is 0 Å². The topological polar surface area (TPSA) is 21.3 Å². The molecule has 1 N–H and O–H groups in total. The SMILES string of the molecule is CCCNC(CCC)C(CC)(CC)OCC. The fourth-order valence-electron chi connectivity index (χ4n) is 2.49. The molecule has 0 aliphatic heterocycles. The lowest BCUT2D eigenvalue weighted by Crippen LogP contribution is -2.52. The van der Waals surface area contributed by atoms with Crippen LogP contribution in [0.3, 0.4) is 0 Å². The van der Waals surface area contributed by atoms with Gasteiger partial charge >= 0.3 is 0 Å². The molecule has 0 aromatic heterocycles. The monoisotopic (exact) mass is 229 g/mol. The highest BCUT2D eigenvalue weighted by Gasteiger charge is 2.35. The van der Waals surface area contributed by atoms with E-state index in [0.29, 0.717) is 6.04 Å². The smallest absolute Gasteiger partial charge is 0.0829 e. The maximum atomic E-state index is 6.08. The van der Waals surface area contributed by atoms with Crippen molar-refractivity contribution in [1.82, 2.24) is 5.32 Å². The van der Waals surface area contributed by atoms with Crippen LogP contribution in [-0.4, -0.2) is 24.8 Å². The molecule has 0 bridgehead atoms. The molecule has 0 aliphatic carbocycles. The van der Waals surface area contributed by atoms with Crippen LogP contribution >= 0.6 is 0 Å². The number of ether oxygens (including phenoxy) is 1. The van der Waals surface area contributed by atoms with Crippen LogP contribution in [0.1, 0.15) is 66.7 Å². The van der Waals surface area contributed by atoms with E-state index in [1.54, 1.807) is 0 Å². The average molecular weight is 229 g/mol. The first-order chi connectivity index (χ1) is 7.70. The van der Waals surface area contributed by atoms with E-state index in [1.807, 2.05) is 0 Å². The summed E-state index contributed by atoms with van der Waals surface area (Å²) in [7, 11) is 0. The van der Waals surface area contributed by atoms with Crippen molar-refractivity contribution < 1.29 is 4.74 Å². The van der Waals surface area contributed by atoms with Crippen molar-refractivity contribution in [3.8, 4) is 0 Å². The summed E-state index contributed by atoms with van der Waals surface area (Å²) < 4.78 is 6.08. The fourth-order valence-corrected chi connectivity index (χ4v) is 2.49. The van der Waals surface area contributed by atoms with Gasteiger partial charge in [0.25, 0.3) is 0 Å². The average Bonchev–Trinajstić information content (AvgIpc) is 2.32. The first-order valence-electron chi connectivity index (χ1n) is 7.07. The molecule has 1 unspecified atom stereocenters. The molecule has 2 nitrogen and oxygen atoms in total. The molecule has 98 valence electrons. The van der Waals surface area contributed by atoms with Gasteiger partial charge in [0.1, 0.15) is 0 Å². The van der Waals surface area contributed by atoms with Gasteiger partial charge < -0.3 is 10.1 Å². The van der Waals surface area contributed by atoms with E-state index in [2.05, 4.69) is 39.9 Å². The summed E-state index contributed by atoms with van der Waals surface area (Å²) in [5, 5.41) is 3.67. The normalized spacial score (nSPS) is 14.1. The Kier molecular flexibility index (Phi) is 8.96. The van der Waals surface area contributed by atoms with E-state index in [1.165, 1.54) is 19.3 Å². The third-order valence-electron chi connectivity index (χ3n) is 3.48. The summed E-state index contributed by atoms with van der Waals surface area (Å²) in [5.74, 6) is 0. The molecule has 0 radical (unpaired) electrons. The molecule has 16 heavy (non-hydrogen) atoms. The molecule has 1 atom stereocenters. The molecule has 0 aromatic rings. The highest BCUT2D eigenvalue weighted by atomic mass is 16.5. The van der Waals surface area contributed by atoms with Gasteiger partial charge in [-0.05, 0) is 39.2 Å². The molecule has 2 heteroatoms. The largest absolute Gasteiger partial charge is 0.374 e. The summed E-state index contributed by atoms with van der Waals surface area (Å²) in [6, 6.07) is 0.507. The molecular weight excluding hydrogens is 198 g/mol. The van der Waals surface area contributed by atoms with Crippen LogP contribution in [0.5, 0.6) is 0 Å². The lowest BCUT2D eigenvalue weighted by molar-refractivity contribution is -0.0738. The third-order valence-corrected chi connectivity index (χ3v) is 3.48. The number of rotatable bonds is 10. The van der Waals surface area contributed by atoms with Crippen molar-refractivity contribution >= 4 is 0 Å². The van der Waals surface area contributed by atoms with Crippen LogP contribution < -0.4 is 5.32 Å². The first kappa shape index (κ1) is 15.9. The van der Waals surface area contributed by atoms with Crippen molar-refractivity contribution in [3.05, 3.63) is 0 Å². The Morgan fingerprint density at radius 3 is 2.00 bits per heavy atom. The van der Waals surface area contributed by atoms with Crippen molar-refractivity contribution in [3.63, 3.8) is 0 Å². The Morgan fingerprint density at radius 2 is 1.62 bits per heavy atom. The molecule has 0 aromatic carbocycles. The van der Waals surface area contributed by atoms with E-state index >= 15 is 0 Å². The van der Waals surface area contributed by atoms with Crippen LogP contribution in [0, 0.1) is 0 Å². The van der Waals surface area contributed by atoms with Crippen LogP contribution in [0.4, 0.5) is 0 Å². The molecule has 0 saturated carbocycles. The van der Waals surface area contributed by atoms with Gasteiger partial charge in [0.05, 0.1) is 5.60 Å². The van der Waals surface area contributed by atoms with Gasteiger partial charge in [0.2, 0.25) is 0 Å². The number of hydrogen-bond donors (Lipinski definition) is 1. The summed E-state index contributed by atoms with van der Waals surface area (Å²) in [4.78, 5) is 0. The predicted octanol–water partition coefficient (Wildman–Crippen LogP) is 3.75. The fraction of sp³-hybridized carbons (Fsp3) is 1.00. The molecule has 0 heterocycles. The molecule has 0 saturated heterocycles. The van der Waals surface area contributed by atoms with Crippen molar-refractivity contribution in [2.75, 3.05) is 13.2 Å². The van der Waals surface area contributed by atoms with Gasteiger partial charge in [-0.3, -0.25) is 0 Å². The highest BCUT2D eigenvalue weighted by Crippen LogP contribution is 2.27. The second-order valence-corrected chi connectivity index (χ2v) is 4.50. The maximum Gasteiger partial charge on any atom is 0.0829 e. The molecule has 0 aliphatic rings. The van der Waals surface area contributed by atoms with Gasteiger partial charge in [0.15, 0.2) is 0 Å². The van der Waals surface area contributed by atoms with Crippen molar-refractivity contribution in [2.45, 2.75) is 78.4 Å².